The van der Waals surface area contributed by atoms with Crippen LogP contribution in [-0.4, -0.2) is 31.0 Å². The third-order valence-corrected chi connectivity index (χ3v) is 4.40. The topological polar surface area (TPSA) is 94.7 Å². The quantitative estimate of drug-likeness (QED) is 0.417. The summed E-state index contributed by atoms with van der Waals surface area (Å²) in [4.78, 5) is 27.2. The van der Waals surface area contributed by atoms with Crippen molar-refractivity contribution in [1.29, 1.82) is 0 Å². The van der Waals surface area contributed by atoms with Crippen molar-refractivity contribution >= 4 is 52.3 Å². The predicted octanol–water partition coefficient (Wildman–Crippen LogP) is 4.35. The molecule has 3 N–H and O–H groups in total. The van der Waals surface area contributed by atoms with Gasteiger partial charge in [0.15, 0.2) is 0 Å². The highest BCUT2D eigenvalue weighted by atomic mass is 16.4. The van der Waals surface area contributed by atoms with E-state index in [0.717, 1.165) is 28.1 Å². The Morgan fingerprint density at radius 3 is 1.78 bits per heavy atom. The fraction of sp³-hybridized carbons (Fsp3) is 0. The zero-order valence-electron chi connectivity index (χ0n) is 14.1. The maximum absolute atomic E-state index is 11.6. The first-order valence-corrected chi connectivity index (χ1v) is 8.44. The fourth-order valence-corrected chi connectivity index (χ4v) is 3.19. The van der Waals surface area contributed by atoms with Crippen LogP contribution in [0.3, 0.4) is 0 Å². The number of aromatic carboxylic acids is 1. The van der Waals surface area contributed by atoms with E-state index in [0.29, 0.717) is 16.7 Å². The Hall–Kier alpha value is -3.93. The summed E-state index contributed by atoms with van der Waals surface area (Å²) >= 11 is 0. The van der Waals surface area contributed by atoms with Crippen LogP contribution in [0.5, 0.6) is 0 Å². The van der Waals surface area contributed by atoms with Crippen molar-refractivity contribution in [3.63, 3.8) is 0 Å². The lowest BCUT2D eigenvalue weighted by Crippen LogP contribution is -1.93. The fourth-order valence-electron chi connectivity index (χ4n) is 3.19. The van der Waals surface area contributed by atoms with Crippen LogP contribution in [0, 0.1) is 0 Å². The van der Waals surface area contributed by atoms with Crippen molar-refractivity contribution in [2.24, 2.45) is 0 Å². The molecule has 0 amide bonds. The molecule has 8 bridgehead atoms. The number of nitrogens with zero attached hydrogens (tertiary/aromatic N) is 2. The van der Waals surface area contributed by atoms with Crippen molar-refractivity contribution in [2.45, 2.75) is 0 Å². The molecule has 2 aliphatic heterocycles. The van der Waals surface area contributed by atoms with Gasteiger partial charge >= 0.3 is 5.97 Å². The third kappa shape index (κ3) is 2.93. The van der Waals surface area contributed by atoms with Crippen molar-refractivity contribution in [3.8, 4) is 0 Å². The average molecular weight is 354 g/mol. The van der Waals surface area contributed by atoms with Crippen LogP contribution in [0.1, 0.15) is 33.1 Å². The van der Waals surface area contributed by atoms with Gasteiger partial charge in [-0.15, -0.1) is 0 Å². The highest BCUT2D eigenvalue weighted by Crippen LogP contribution is 2.19. The van der Waals surface area contributed by atoms with Gasteiger partial charge in [0.05, 0.1) is 33.9 Å². The first kappa shape index (κ1) is 15.3. The van der Waals surface area contributed by atoms with Crippen LogP contribution >= 0.6 is 0 Å². The Bertz CT molecular complexity index is 1310. The van der Waals surface area contributed by atoms with Gasteiger partial charge in [0.2, 0.25) is 0 Å². The molecule has 27 heavy (non-hydrogen) atoms. The van der Waals surface area contributed by atoms with E-state index in [1.807, 2.05) is 54.6 Å². The molecule has 0 fully saturated rings. The lowest BCUT2D eigenvalue weighted by molar-refractivity contribution is 0.0699. The van der Waals surface area contributed by atoms with Crippen LogP contribution in [0.2, 0.25) is 0 Å². The molecule has 5 rings (SSSR count). The summed E-state index contributed by atoms with van der Waals surface area (Å²) < 4.78 is 0. The summed E-state index contributed by atoms with van der Waals surface area (Å²) in [7, 11) is 0. The number of carboxylic acid groups (broad SMARTS) is 1. The number of rotatable bonds is 1. The molecule has 0 spiro atoms. The van der Waals surface area contributed by atoms with Gasteiger partial charge in [-0.2, -0.15) is 0 Å². The van der Waals surface area contributed by atoms with Crippen LogP contribution < -0.4 is 0 Å². The molecule has 0 unspecified atom stereocenters. The maximum atomic E-state index is 11.6. The number of H-pyrrole nitrogens is 2. The second-order valence-corrected chi connectivity index (χ2v) is 6.39. The van der Waals surface area contributed by atoms with E-state index in [9.17, 15) is 9.90 Å². The first-order chi connectivity index (χ1) is 13.1. The Morgan fingerprint density at radius 1 is 0.704 bits per heavy atom. The van der Waals surface area contributed by atoms with E-state index in [-0.39, 0.29) is 5.56 Å². The summed E-state index contributed by atoms with van der Waals surface area (Å²) in [6.07, 6.45) is 7.58. The number of aromatic nitrogens is 4. The van der Waals surface area contributed by atoms with E-state index in [4.69, 9.17) is 0 Å². The van der Waals surface area contributed by atoms with Gasteiger partial charge in [0, 0.05) is 16.6 Å². The number of nitrogens with one attached hydrogen (secondary N) is 2. The number of hydrogen-bond donors (Lipinski definition) is 3. The minimum atomic E-state index is -0.989. The normalized spacial score (nSPS) is 12.4. The number of carboxylic acids is 1. The molecular formula is C21H14N4O2. The van der Waals surface area contributed by atoms with Gasteiger partial charge in [-0.25, -0.2) is 14.8 Å². The lowest BCUT2D eigenvalue weighted by atomic mass is 10.2. The molecule has 6 nitrogen and oxygen atoms in total. The molecule has 0 saturated heterocycles. The second-order valence-electron chi connectivity index (χ2n) is 6.39. The molecular weight excluding hydrogens is 340 g/mol. The molecule has 5 heterocycles. The Morgan fingerprint density at radius 2 is 1.22 bits per heavy atom. The van der Waals surface area contributed by atoms with Gasteiger partial charge in [0.25, 0.3) is 0 Å². The van der Waals surface area contributed by atoms with Crippen molar-refractivity contribution < 1.29 is 9.90 Å². The zero-order valence-corrected chi connectivity index (χ0v) is 14.1. The molecule has 0 saturated carbocycles. The van der Waals surface area contributed by atoms with Crippen LogP contribution in [0.25, 0.3) is 46.4 Å². The molecule has 130 valence electrons. The Balaban J connectivity index is 1.87. The highest BCUT2D eigenvalue weighted by Gasteiger charge is 2.10. The first-order valence-electron chi connectivity index (χ1n) is 8.44. The smallest absolute Gasteiger partial charge is 0.337 e. The second kappa shape index (κ2) is 5.81. The van der Waals surface area contributed by atoms with E-state index < -0.39 is 5.97 Å². The molecule has 2 aliphatic rings. The largest absolute Gasteiger partial charge is 0.478 e. The van der Waals surface area contributed by atoms with Crippen molar-refractivity contribution in [3.05, 3.63) is 70.8 Å². The molecule has 3 aromatic heterocycles. The number of aromatic amines is 2. The summed E-state index contributed by atoms with van der Waals surface area (Å²) in [5, 5.41) is 9.51. The molecule has 0 aliphatic carbocycles. The number of hydrogen-bond acceptors (Lipinski definition) is 3. The standard InChI is InChI=1S/C21H14N4O2/c26-21(27)19-10-18-9-16-4-3-14(23-16)7-12-1-2-13(22-12)8-15-5-6-17(24-15)11-20(19)25-18/h1-11,22,25H,(H,26,27). The van der Waals surface area contributed by atoms with Gasteiger partial charge in [-0.3, -0.25) is 0 Å². The molecule has 0 atom stereocenters. The van der Waals surface area contributed by atoms with Crippen molar-refractivity contribution in [2.75, 3.05) is 0 Å². The van der Waals surface area contributed by atoms with E-state index >= 15 is 0 Å². The Kier molecular flexibility index (Phi) is 3.30. The van der Waals surface area contributed by atoms with Gasteiger partial charge < -0.3 is 15.1 Å². The van der Waals surface area contributed by atoms with Gasteiger partial charge in [-0.05, 0) is 66.8 Å². The van der Waals surface area contributed by atoms with Crippen LogP contribution in [0.4, 0.5) is 0 Å². The van der Waals surface area contributed by atoms with Gasteiger partial charge in [-0.1, -0.05) is 0 Å². The summed E-state index contributed by atoms with van der Waals surface area (Å²) in [5.74, 6) is -0.989. The van der Waals surface area contributed by atoms with Crippen molar-refractivity contribution in [1.82, 2.24) is 19.9 Å². The zero-order chi connectivity index (χ0) is 18.4. The average Bonchev–Trinajstić information content (AvgIpc) is 3.38. The SMILES string of the molecule is O=C(O)c1cc2cc3nc(cc4ccc(cc5nc(cc1[nH]2)C=C5)[nH]4)C=C3. The third-order valence-electron chi connectivity index (χ3n) is 4.40. The molecule has 0 aromatic carbocycles. The number of fused-ring (bicyclic) bond motifs is 8. The maximum Gasteiger partial charge on any atom is 0.337 e. The minimum Gasteiger partial charge on any atom is -0.478 e. The number of carbonyl (C=O) groups is 1. The van der Waals surface area contributed by atoms with Gasteiger partial charge in [0.1, 0.15) is 0 Å². The monoisotopic (exact) mass is 354 g/mol. The summed E-state index contributed by atoms with van der Waals surface area (Å²) in [6.45, 7) is 0. The van der Waals surface area contributed by atoms with Crippen LogP contribution in [-0.2, 0) is 0 Å². The minimum absolute atomic E-state index is 0.200. The molecule has 0 radical (unpaired) electrons. The van der Waals surface area contributed by atoms with E-state index in [1.54, 1.807) is 12.1 Å². The van der Waals surface area contributed by atoms with E-state index in [1.165, 1.54) is 0 Å². The highest BCUT2D eigenvalue weighted by molar-refractivity contribution is 5.98. The van der Waals surface area contributed by atoms with Crippen LogP contribution in [0.15, 0.2) is 42.5 Å². The van der Waals surface area contributed by atoms with E-state index in [2.05, 4.69) is 19.9 Å². The summed E-state index contributed by atoms with van der Waals surface area (Å²) in [5.41, 5.74) is 6.34. The predicted molar refractivity (Wildman–Crippen MR) is 106 cm³/mol. The molecule has 6 heteroatoms. The lowest BCUT2D eigenvalue weighted by Gasteiger charge is -1.88. The summed E-state index contributed by atoms with van der Waals surface area (Å²) in [6, 6.07) is 13.0. The Labute approximate surface area is 153 Å². The molecule has 3 aromatic rings.